The summed E-state index contributed by atoms with van der Waals surface area (Å²) < 4.78 is 0. The van der Waals surface area contributed by atoms with Crippen molar-refractivity contribution in [1.82, 2.24) is 0 Å². The van der Waals surface area contributed by atoms with E-state index in [0.717, 1.165) is 21.5 Å². The van der Waals surface area contributed by atoms with E-state index in [-0.39, 0.29) is 11.5 Å². The van der Waals surface area contributed by atoms with Gasteiger partial charge < -0.3 is 10.2 Å². The lowest BCUT2D eigenvalue weighted by Crippen LogP contribution is -2.30. The molecular weight excluding hydrogens is 657 g/mol. The van der Waals surface area contributed by atoms with Gasteiger partial charge in [-0.15, -0.1) is 0 Å². The summed E-state index contributed by atoms with van der Waals surface area (Å²) in [7, 11) is 0. The summed E-state index contributed by atoms with van der Waals surface area (Å²) in [5, 5.41) is 24.8. The first-order valence-corrected chi connectivity index (χ1v) is 18.5. The number of phenolic OH excluding ortho intramolecular Hbond substituents is 2. The van der Waals surface area contributed by atoms with E-state index in [0.29, 0.717) is 0 Å². The van der Waals surface area contributed by atoms with E-state index in [1.807, 2.05) is 24.3 Å². The number of hydrogen-bond donors (Lipinski definition) is 2. The normalized spacial score (nSPS) is 14.4. The third-order valence-corrected chi connectivity index (χ3v) is 12.2. The van der Waals surface area contributed by atoms with Gasteiger partial charge in [0.25, 0.3) is 0 Å². The van der Waals surface area contributed by atoms with Crippen LogP contribution in [0, 0.1) is 0 Å². The molecule has 2 N–H and O–H groups in total. The van der Waals surface area contributed by atoms with E-state index in [1.165, 1.54) is 66.8 Å². The Hall–Kier alpha value is -6.90. The highest BCUT2D eigenvalue weighted by molar-refractivity contribution is 5.92. The van der Waals surface area contributed by atoms with E-state index in [2.05, 4.69) is 158 Å². The fraction of sp³-hybridized carbons (Fsp3) is 0.0385. The van der Waals surface area contributed by atoms with Crippen LogP contribution in [-0.2, 0) is 10.8 Å². The van der Waals surface area contributed by atoms with Gasteiger partial charge in [0.1, 0.15) is 11.5 Å². The Bertz CT molecular complexity index is 2680. The lowest BCUT2D eigenvalue weighted by molar-refractivity contribution is 0.475. The van der Waals surface area contributed by atoms with Crippen LogP contribution in [0.15, 0.2) is 194 Å². The van der Waals surface area contributed by atoms with Crippen LogP contribution in [0.25, 0.3) is 43.8 Å². The molecule has 254 valence electrons. The second-order valence-electron chi connectivity index (χ2n) is 14.8. The molecule has 0 heterocycles. The van der Waals surface area contributed by atoms with Gasteiger partial charge in [-0.1, -0.05) is 158 Å². The Morgan fingerprint density at radius 1 is 0.259 bits per heavy atom. The van der Waals surface area contributed by atoms with Crippen molar-refractivity contribution in [2.45, 2.75) is 10.8 Å². The molecule has 9 aromatic carbocycles. The standard InChI is InChI=1S/C52H34O2/c53-41-27-19-33-29-39(21-17-35(33)31-41)51(47-13-5-1-9-43(47)44-10-2-6-14-48(44)51)37-23-25-38(26-24-37)52(40-22-18-36-32-42(54)28-20-34(36)30-40)49-15-7-3-11-45(49)46-12-4-8-16-50(46)52/h1-32,53-54H. The predicted octanol–water partition coefficient (Wildman–Crippen LogP) is 12.1. The number of aromatic hydroxyl groups is 2. The Balaban J connectivity index is 1.19. The molecule has 9 aromatic rings. The van der Waals surface area contributed by atoms with Crippen LogP contribution in [0.1, 0.15) is 44.5 Å². The lowest BCUT2D eigenvalue weighted by Gasteiger charge is -2.36. The highest BCUT2D eigenvalue weighted by Crippen LogP contribution is 2.59. The largest absolute Gasteiger partial charge is 0.508 e. The van der Waals surface area contributed by atoms with Gasteiger partial charge in [0.05, 0.1) is 10.8 Å². The van der Waals surface area contributed by atoms with Crippen molar-refractivity contribution in [3.63, 3.8) is 0 Å². The molecule has 2 heteroatoms. The van der Waals surface area contributed by atoms with Crippen LogP contribution in [0.2, 0.25) is 0 Å². The molecule has 0 spiro atoms. The summed E-state index contributed by atoms with van der Waals surface area (Å²) >= 11 is 0. The van der Waals surface area contributed by atoms with Gasteiger partial charge in [-0.25, -0.2) is 0 Å². The highest BCUT2D eigenvalue weighted by atomic mass is 16.3. The van der Waals surface area contributed by atoms with Crippen molar-refractivity contribution < 1.29 is 10.2 Å². The van der Waals surface area contributed by atoms with Crippen molar-refractivity contribution in [3.8, 4) is 33.8 Å². The summed E-state index contributed by atoms with van der Waals surface area (Å²) in [6.45, 7) is 0. The highest BCUT2D eigenvalue weighted by Gasteiger charge is 2.48. The average molecular weight is 691 g/mol. The average Bonchev–Trinajstić information content (AvgIpc) is 3.69. The molecule has 2 aliphatic carbocycles. The summed E-state index contributed by atoms with van der Waals surface area (Å²) in [5.74, 6) is 0.538. The number of phenols is 2. The van der Waals surface area contributed by atoms with Crippen molar-refractivity contribution in [3.05, 3.63) is 239 Å². The number of benzene rings is 9. The maximum absolute atomic E-state index is 10.3. The van der Waals surface area contributed by atoms with Crippen molar-refractivity contribution in [2.75, 3.05) is 0 Å². The Kier molecular flexibility index (Phi) is 6.42. The fourth-order valence-corrected chi connectivity index (χ4v) is 9.95. The molecule has 0 saturated carbocycles. The minimum absolute atomic E-state index is 0.269. The zero-order valence-corrected chi connectivity index (χ0v) is 29.4. The van der Waals surface area contributed by atoms with E-state index in [1.54, 1.807) is 12.1 Å². The van der Waals surface area contributed by atoms with Gasteiger partial charge in [-0.3, -0.25) is 0 Å². The maximum Gasteiger partial charge on any atom is 0.116 e. The summed E-state index contributed by atoms with van der Waals surface area (Å²) in [6.07, 6.45) is 0. The summed E-state index contributed by atoms with van der Waals surface area (Å²) in [4.78, 5) is 0. The minimum Gasteiger partial charge on any atom is -0.508 e. The topological polar surface area (TPSA) is 40.5 Å². The Morgan fingerprint density at radius 3 is 0.889 bits per heavy atom. The zero-order valence-electron chi connectivity index (χ0n) is 29.4. The van der Waals surface area contributed by atoms with E-state index >= 15 is 0 Å². The van der Waals surface area contributed by atoms with Gasteiger partial charge in [0, 0.05) is 0 Å². The monoisotopic (exact) mass is 690 g/mol. The van der Waals surface area contributed by atoms with Crippen LogP contribution in [0.3, 0.4) is 0 Å². The van der Waals surface area contributed by atoms with E-state index in [4.69, 9.17) is 0 Å². The molecule has 0 radical (unpaired) electrons. The minimum atomic E-state index is -0.568. The first-order chi connectivity index (χ1) is 26.6. The van der Waals surface area contributed by atoms with Crippen LogP contribution in [-0.4, -0.2) is 10.2 Å². The van der Waals surface area contributed by atoms with Crippen LogP contribution in [0.4, 0.5) is 0 Å². The Morgan fingerprint density at radius 2 is 0.537 bits per heavy atom. The van der Waals surface area contributed by atoms with E-state index < -0.39 is 10.8 Å². The van der Waals surface area contributed by atoms with Crippen molar-refractivity contribution in [1.29, 1.82) is 0 Å². The molecular formula is C52H34O2. The molecule has 0 aliphatic heterocycles. The molecule has 0 unspecified atom stereocenters. The van der Waals surface area contributed by atoms with Crippen molar-refractivity contribution >= 4 is 21.5 Å². The number of rotatable bonds is 4. The van der Waals surface area contributed by atoms with Gasteiger partial charge in [0.2, 0.25) is 0 Å². The summed E-state index contributed by atoms with van der Waals surface area (Å²) in [6, 6.07) is 69.5. The van der Waals surface area contributed by atoms with Gasteiger partial charge in [0.15, 0.2) is 0 Å². The van der Waals surface area contributed by atoms with Crippen LogP contribution in [0.5, 0.6) is 11.5 Å². The molecule has 0 amide bonds. The van der Waals surface area contributed by atoms with Gasteiger partial charge >= 0.3 is 0 Å². The lowest BCUT2D eigenvalue weighted by atomic mass is 9.65. The molecule has 54 heavy (non-hydrogen) atoms. The Labute approximate surface area is 313 Å². The van der Waals surface area contributed by atoms with Gasteiger partial charge in [-0.05, 0) is 125 Å². The molecule has 2 aliphatic rings. The third kappa shape index (κ3) is 4.05. The first-order valence-electron chi connectivity index (χ1n) is 18.5. The molecule has 11 rings (SSSR count). The second-order valence-corrected chi connectivity index (χ2v) is 14.8. The van der Waals surface area contributed by atoms with Crippen molar-refractivity contribution in [2.24, 2.45) is 0 Å². The predicted molar refractivity (Wildman–Crippen MR) is 219 cm³/mol. The molecule has 0 fully saturated rings. The SMILES string of the molecule is Oc1ccc2cc(C3(c4ccc(C5(c6ccc7cc(O)ccc7c6)c6ccccc6-c6ccccc65)cc4)c4ccccc4-c4ccccc43)ccc2c1. The maximum atomic E-state index is 10.3. The smallest absolute Gasteiger partial charge is 0.116 e. The quantitative estimate of drug-likeness (QED) is 0.193. The molecule has 0 bridgehead atoms. The van der Waals surface area contributed by atoms with Crippen LogP contribution >= 0.6 is 0 Å². The molecule has 0 atom stereocenters. The van der Waals surface area contributed by atoms with Gasteiger partial charge in [-0.2, -0.15) is 0 Å². The van der Waals surface area contributed by atoms with E-state index in [9.17, 15) is 10.2 Å². The first kappa shape index (κ1) is 30.7. The van der Waals surface area contributed by atoms with Crippen LogP contribution < -0.4 is 0 Å². The third-order valence-electron chi connectivity index (χ3n) is 12.2. The fourth-order valence-electron chi connectivity index (χ4n) is 9.95. The molecule has 0 saturated heterocycles. The second kappa shape index (κ2) is 11.3. The number of hydrogen-bond acceptors (Lipinski definition) is 2. The summed E-state index contributed by atoms with van der Waals surface area (Å²) in [5.41, 5.74) is 13.7. The zero-order chi connectivity index (χ0) is 36.0. The molecule has 0 aromatic heterocycles. The molecule has 2 nitrogen and oxygen atoms in total. The number of fused-ring (bicyclic) bond motifs is 8.